The fourth-order valence-corrected chi connectivity index (χ4v) is 3.57. The predicted molar refractivity (Wildman–Crippen MR) is 79.6 cm³/mol. The van der Waals surface area contributed by atoms with Crippen molar-refractivity contribution < 1.29 is 9.84 Å². The Labute approximate surface area is 121 Å². The molecule has 0 saturated carbocycles. The largest absolute Gasteiger partial charge is 0.385 e. The van der Waals surface area contributed by atoms with E-state index in [4.69, 9.17) is 4.74 Å². The smallest absolute Gasteiger partial charge is 0.0927 e. The van der Waals surface area contributed by atoms with Crippen molar-refractivity contribution in [3.05, 3.63) is 35.4 Å². The number of ether oxygens (including phenoxy) is 1. The van der Waals surface area contributed by atoms with Gasteiger partial charge in [0.05, 0.1) is 18.8 Å². The van der Waals surface area contributed by atoms with Crippen molar-refractivity contribution in [2.24, 2.45) is 5.92 Å². The molecule has 0 aromatic heterocycles. The van der Waals surface area contributed by atoms with Crippen molar-refractivity contribution in [2.45, 2.75) is 50.8 Å². The first-order valence-electron chi connectivity index (χ1n) is 7.71. The molecule has 0 radical (unpaired) electrons. The van der Waals surface area contributed by atoms with Crippen LogP contribution in [-0.4, -0.2) is 30.4 Å². The Morgan fingerprint density at radius 3 is 2.35 bits per heavy atom. The first-order valence-corrected chi connectivity index (χ1v) is 7.71. The molecule has 2 unspecified atom stereocenters. The van der Waals surface area contributed by atoms with Crippen LogP contribution in [0, 0.1) is 5.92 Å². The Balaban J connectivity index is 1.77. The second kappa shape index (κ2) is 5.47. The zero-order valence-electron chi connectivity index (χ0n) is 12.4. The van der Waals surface area contributed by atoms with Gasteiger partial charge in [-0.15, -0.1) is 0 Å². The quantitative estimate of drug-likeness (QED) is 0.889. The Morgan fingerprint density at radius 2 is 1.80 bits per heavy atom. The van der Waals surface area contributed by atoms with E-state index in [-0.39, 0.29) is 12.1 Å². The number of hydrogen-bond donors (Lipinski definition) is 2. The van der Waals surface area contributed by atoms with Gasteiger partial charge in [0, 0.05) is 12.1 Å². The van der Waals surface area contributed by atoms with Crippen LogP contribution in [0.25, 0.3) is 0 Å². The van der Waals surface area contributed by atoms with Gasteiger partial charge in [-0.3, -0.25) is 0 Å². The summed E-state index contributed by atoms with van der Waals surface area (Å²) < 4.78 is 5.55. The van der Waals surface area contributed by atoms with Gasteiger partial charge in [-0.1, -0.05) is 38.1 Å². The molecule has 2 fully saturated rings. The number of nitrogens with one attached hydrogen (secondary N) is 1. The van der Waals surface area contributed by atoms with Gasteiger partial charge in [0.1, 0.15) is 0 Å². The molecule has 1 aromatic carbocycles. The third kappa shape index (κ3) is 2.90. The molecular weight excluding hydrogens is 250 g/mol. The zero-order chi connectivity index (χ0) is 14.2. The molecule has 20 heavy (non-hydrogen) atoms. The van der Waals surface area contributed by atoms with Gasteiger partial charge in [-0.25, -0.2) is 0 Å². The first kappa shape index (κ1) is 14.1. The van der Waals surface area contributed by atoms with Crippen molar-refractivity contribution in [1.82, 2.24) is 5.32 Å². The summed E-state index contributed by atoms with van der Waals surface area (Å²) in [6.45, 7) is 5.89. The van der Waals surface area contributed by atoms with Crippen LogP contribution in [0.2, 0.25) is 0 Å². The molecule has 3 heteroatoms. The van der Waals surface area contributed by atoms with Crippen LogP contribution < -0.4 is 5.32 Å². The minimum Gasteiger partial charge on any atom is -0.385 e. The van der Waals surface area contributed by atoms with Crippen molar-refractivity contribution in [3.63, 3.8) is 0 Å². The number of hydrogen-bond acceptors (Lipinski definition) is 3. The lowest BCUT2D eigenvalue weighted by molar-refractivity contribution is -0.0802. The molecule has 2 N–H and O–H groups in total. The van der Waals surface area contributed by atoms with Crippen LogP contribution >= 0.6 is 0 Å². The average molecular weight is 275 g/mol. The predicted octanol–water partition coefficient (Wildman–Crippen LogP) is 2.22. The van der Waals surface area contributed by atoms with Gasteiger partial charge >= 0.3 is 0 Å². The highest BCUT2D eigenvalue weighted by atomic mass is 16.5. The summed E-state index contributed by atoms with van der Waals surface area (Å²) in [7, 11) is 0. The molecule has 2 aliphatic heterocycles. The topological polar surface area (TPSA) is 41.5 Å². The van der Waals surface area contributed by atoms with Gasteiger partial charge < -0.3 is 15.2 Å². The maximum atomic E-state index is 11.0. The highest BCUT2D eigenvalue weighted by Crippen LogP contribution is 2.36. The minimum atomic E-state index is -0.694. The van der Waals surface area contributed by atoms with E-state index in [0.29, 0.717) is 19.1 Å². The van der Waals surface area contributed by atoms with E-state index in [1.54, 1.807) is 0 Å². The summed E-state index contributed by atoms with van der Waals surface area (Å²) in [6.07, 6.45) is 2.58. The third-order valence-electron chi connectivity index (χ3n) is 4.41. The Bertz CT molecular complexity index is 443. The summed E-state index contributed by atoms with van der Waals surface area (Å²) in [4.78, 5) is 0. The van der Waals surface area contributed by atoms with E-state index in [1.807, 2.05) is 0 Å². The van der Waals surface area contributed by atoms with E-state index in [0.717, 1.165) is 24.8 Å². The maximum absolute atomic E-state index is 11.0. The molecule has 2 atom stereocenters. The Kier molecular flexibility index (Phi) is 3.85. The van der Waals surface area contributed by atoms with E-state index in [1.165, 1.54) is 5.56 Å². The van der Waals surface area contributed by atoms with E-state index >= 15 is 0 Å². The fraction of sp³-hybridized carbons (Fsp3) is 0.647. The molecule has 0 aliphatic carbocycles. The number of morpholine rings is 1. The Hall–Kier alpha value is -0.900. The number of aliphatic hydroxyl groups is 1. The minimum absolute atomic E-state index is 0.280. The van der Waals surface area contributed by atoms with Crippen LogP contribution in [0.4, 0.5) is 0 Å². The van der Waals surface area contributed by atoms with E-state index < -0.39 is 5.60 Å². The molecule has 2 bridgehead atoms. The molecule has 3 nitrogen and oxygen atoms in total. The van der Waals surface area contributed by atoms with Gasteiger partial charge in [-0.05, 0) is 36.3 Å². The summed E-state index contributed by atoms with van der Waals surface area (Å²) in [5.41, 5.74) is 1.72. The number of benzene rings is 1. The van der Waals surface area contributed by atoms with Gasteiger partial charge in [0.25, 0.3) is 0 Å². The molecular formula is C17H25NO2. The average Bonchev–Trinajstić information content (AvgIpc) is 2.38. The lowest BCUT2D eigenvalue weighted by Crippen LogP contribution is -2.58. The van der Waals surface area contributed by atoms with Crippen LogP contribution in [0.15, 0.2) is 24.3 Å². The molecule has 0 spiro atoms. The second-order valence-corrected chi connectivity index (χ2v) is 6.83. The van der Waals surface area contributed by atoms with Crippen LogP contribution in [0.1, 0.15) is 37.8 Å². The number of rotatable bonds is 3. The summed E-state index contributed by atoms with van der Waals surface area (Å²) in [6, 6.07) is 9.12. The van der Waals surface area contributed by atoms with Gasteiger partial charge in [-0.2, -0.15) is 0 Å². The fourth-order valence-electron chi connectivity index (χ4n) is 3.57. The summed E-state index contributed by atoms with van der Waals surface area (Å²) in [5.74, 6) is 0.666. The number of piperidine rings is 1. The standard InChI is InChI=1S/C17H25NO2/c1-12(2)7-13-3-5-14(6-4-13)17(19)8-15-10-20-11-16(9-17)18-15/h3-6,12,15-16,18-19H,7-11H2,1-2H3. The Morgan fingerprint density at radius 1 is 1.20 bits per heavy atom. The van der Waals surface area contributed by atoms with E-state index in [2.05, 4.69) is 43.4 Å². The number of fused-ring (bicyclic) bond motifs is 2. The van der Waals surface area contributed by atoms with E-state index in [9.17, 15) is 5.11 Å². The summed E-state index contributed by atoms with van der Waals surface area (Å²) in [5, 5.41) is 14.6. The van der Waals surface area contributed by atoms with Gasteiger partial charge in [0.15, 0.2) is 0 Å². The highest BCUT2D eigenvalue weighted by molar-refractivity contribution is 5.29. The van der Waals surface area contributed by atoms with Crippen molar-refractivity contribution in [2.75, 3.05) is 13.2 Å². The first-order chi connectivity index (χ1) is 9.55. The zero-order valence-corrected chi connectivity index (χ0v) is 12.4. The lowest BCUT2D eigenvalue weighted by atomic mass is 9.78. The molecule has 2 heterocycles. The molecule has 2 aliphatic rings. The SMILES string of the molecule is CC(C)Cc1ccc(C2(O)CC3COCC(C2)N3)cc1. The molecule has 1 aromatic rings. The summed E-state index contributed by atoms with van der Waals surface area (Å²) >= 11 is 0. The van der Waals surface area contributed by atoms with Crippen molar-refractivity contribution in [1.29, 1.82) is 0 Å². The van der Waals surface area contributed by atoms with Crippen molar-refractivity contribution in [3.8, 4) is 0 Å². The highest BCUT2D eigenvalue weighted by Gasteiger charge is 2.42. The molecule has 0 amide bonds. The maximum Gasteiger partial charge on any atom is 0.0927 e. The molecule has 2 saturated heterocycles. The lowest BCUT2D eigenvalue weighted by Gasteiger charge is -2.45. The molecule has 3 rings (SSSR count). The van der Waals surface area contributed by atoms with Gasteiger partial charge in [0.2, 0.25) is 0 Å². The van der Waals surface area contributed by atoms with Crippen LogP contribution in [0.3, 0.4) is 0 Å². The second-order valence-electron chi connectivity index (χ2n) is 6.83. The molecule has 110 valence electrons. The van der Waals surface area contributed by atoms with Crippen LogP contribution in [-0.2, 0) is 16.8 Å². The van der Waals surface area contributed by atoms with Crippen molar-refractivity contribution >= 4 is 0 Å². The van der Waals surface area contributed by atoms with Crippen LogP contribution in [0.5, 0.6) is 0 Å². The third-order valence-corrected chi connectivity index (χ3v) is 4.41. The monoisotopic (exact) mass is 275 g/mol. The normalized spacial score (nSPS) is 33.4.